The van der Waals surface area contributed by atoms with Gasteiger partial charge in [-0.1, -0.05) is 24.3 Å². The molecular weight excluding hydrogens is 594 g/mol. The first-order valence-electron chi connectivity index (χ1n) is 13.8. The molecule has 5 rings (SSSR count). The molecule has 1 aliphatic heterocycles. The largest absolute Gasteiger partial charge is 0.493 e. The molecule has 46 heavy (non-hydrogen) atoms. The second kappa shape index (κ2) is 14.4. The average molecular weight is 624 g/mol. The Kier molecular flexibility index (Phi) is 9.78. The van der Waals surface area contributed by atoms with Gasteiger partial charge in [0.15, 0.2) is 23.0 Å². The second-order valence-corrected chi connectivity index (χ2v) is 9.56. The molecule has 0 aromatic heterocycles. The Morgan fingerprint density at radius 1 is 0.761 bits per heavy atom. The lowest BCUT2D eigenvalue weighted by Crippen LogP contribution is -2.32. The standard InChI is InChI=1S/C34H29N3O9/c1-41-29-17-24(18-30(42-2)31(29)43-3)34(40)46-25-12-9-21(10-13-25)19-35-37-33(39)26(36-32(38)23-7-5-4-6-8-23)15-22-11-14-27-28(16-22)45-20-44-27/h4-19H,20H2,1-3H3,(H,36,38)(H,37,39)/b26-15+,35-19-. The van der Waals surface area contributed by atoms with Crippen LogP contribution in [0.25, 0.3) is 6.08 Å². The quantitative estimate of drug-likeness (QED) is 0.0807. The van der Waals surface area contributed by atoms with Crippen LogP contribution in [-0.2, 0) is 4.79 Å². The minimum Gasteiger partial charge on any atom is -0.493 e. The third kappa shape index (κ3) is 7.42. The molecule has 0 saturated carbocycles. The summed E-state index contributed by atoms with van der Waals surface area (Å²) in [7, 11) is 4.37. The third-order valence-corrected chi connectivity index (χ3v) is 6.61. The molecule has 1 heterocycles. The molecule has 12 heteroatoms. The number of carbonyl (C=O) groups is 3. The van der Waals surface area contributed by atoms with Crippen LogP contribution in [0.4, 0.5) is 0 Å². The third-order valence-electron chi connectivity index (χ3n) is 6.61. The van der Waals surface area contributed by atoms with Crippen molar-refractivity contribution in [1.29, 1.82) is 0 Å². The van der Waals surface area contributed by atoms with E-state index in [1.54, 1.807) is 72.8 Å². The van der Waals surface area contributed by atoms with Crippen LogP contribution in [0.15, 0.2) is 95.7 Å². The zero-order valence-corrected chi connectivity index (χ0v) is 25.1. The summed E-state index contributed by atoms with van der Waals surface area (Å²) < 4.78 is 32.1. The molecule has 2 N–H and O–H groups in total. The minimum absolute atomic E-state index is 0.0427. The lowest BCUT2D eigenvalue weighted by atomic mass is 10.1. The van der Waals surface area contributed by atoms with Crippen LogP contribution in [0, 0.1) is 0 Å². The molecule has 4 aromatic rings. The van der Waals surface area contributed by atoms with Crippen LogP contribution >= 0.6 is 0 Å². The molecule has 0 spiro atoms. The fourth-order valence-electron chi connectivity index (χ4n) is 4.32. The van der Waals surface area contributed by atoms with Gasteiger partial charge in [0.1, 0.15) is 11.4 Å². The van der Waals surface area contributed by atoms with Crippen molar-refractivity contribution in [3.63, 3.8) is 0 Å². The molecule has 0 atom stereocenters. The summed E-state index contributed by atoms with van der Waals surface area (Å²) in [5, 5.41) is 6.68. The van der Waals surface area contributed by atoms with Crippen LogP contribution in [0.1, 0.15) is 31.8 Å². The highest BCUT2D eigenvalue weighted by Gasteiger charge is 2.19. The smallest absolute Gasteiger partial charge is 0.343 e. The number of hydrogen-bond acceptors (Lipinski definition) is 10. The van der Waals surface area contributed by atoms with E-state index < -0.39 is 17.8 Å². The van der Waals surface area contributed by atoms with Gasteiger partial charge < -0.3 is 33.7 Å². The fourth-order valence-corrected chi connectivity index (χ4v) is 4.32. The molecular formula is C34H29N3O9. The van der Waals surface area contributed by atoms with Gasteiger partial charge in [0.2, 0.25) is 12.5 Å². The van der Waals surface area contributed by atoms with Gasteiger partial charge in [-0.15, -0.1) is 0 Å². The summed E-state index contributed by atoms with van der Waals surface area (Å²) in [6, 6.07) is 23.1. The second-order valence-electron chi connectivity index (χ2n) is 9.56. The van der Waals surface area contributed by atoms with Crippen LogP contribution in [0.2, 0.25) is 0 Å². The molecule has 234 valence electrons. The number of hydrazone groups is 1. The van der Waals surface area contributed by atoms with Gasteiger partial charge in [0.05, 0.1) is 33.1 Å². The summed E-state index contributed by atoms with van der Waals surface area (Å²) >= 11 is 0. The van der Waals surface area contributed by atoms with E-state index in [1.807, 2.05) is 0 Å². The summed E-state index contributed by atoms with van der Waals surface area (Å²) in [4.78, 5) is 38.8. The van der Waals surface area contributed by atoms with Crippen molar-refractivity contribution in [2.75, 3.05) is 28.1 Å². The first kappa shape index (κ1) is 31.1. The highest BCUT2D eigenvalue weighted by molar-refractivity contribution is 6.05. The Balaban J connectivity index is 1.26. The van der Waals surface area contributed by atoms with Crippen molar-refractivity contribution in [2.45, 2.75) is 0 Å². The number of amides is 2. The van der Waals surface area contributed by atoms with Gasteiger partial charge in [0.25, 0.3) is 11.8 Å². The monoisotopic (exact) mass is 623 g/mol. The highest BCUT2D eigenvalue weighted by atomic mass is 16.7. The number of nitrogens with one attached hydrogen (secondary N) is 2. The molecule has 0 saturated heterocycles. The molecule has 0 radical (unpaired) electrons. The van der Waals surface area contributed by atoms with Gasteiger partial charge in [-0.2, -0.15) is 5.10 Å². The van der Waals surface area contributed by atoms with Crippen LogP contribution in [0.5, 0.6) is 34.5 Å². The first-order valence-corrected chi connectivity index (χ1v) is 13.8. The Labute approximate surface area is 264 Å². The summed E-state index contributed by atoms with van der Waals surface area (Å²) in [6.07, 6.45) is 2.91. The van der Waals surface area contributed by atoms with E-state index in [1.165, 1.54) is 45.8 Å². The van der Waals surface area contributed by atoms with Crippen molar-refractivity contribution in [3.8, 4) is 34.5 Å². The Bertz CT molecular complexity index is 1780. The van der Waals surface area contributed by atoms with Crippen molar-refractivity contribution >= 4 is 30.1 Å². The lowest BCUT2D eigenvalue weighted by molar-refractivity contribution is -0.117. The molecule has 2 amide bonds. The highest BCUT2D eigenvalue weighted by Crippen LogP contribution is 2.38. The minimum atomic E-state index is -0.658. The van der Waals surface area contributed by atoms with Gasteiger partial charge in [-0.3, -0.25) is 9.59 Å². The number of benzene rings is 4. The van der Waals surface area contributed by atoms with Gasteiger partial charge in [-0.25, -0.2) is 10.2 Å². The summed E-state index contributed by atoms with van der Waals surface area (Å²) in [5.74, 6) is 0.613. The first-order chi connectivity index (χ1) is 22.4. The van der Waals surface area contributed by atoms with Crippen molar-refractivity contribution in [2.24, 2.45) is 5.10 Å². The molecule has 4 aromatic carbocycles. The number of carbonyl (C=O) groups excluding carboxylic acids is 3. The van der Waals surface area contributed by atoms with Crippen molar-refractivity contribution in [1.82, 2.24) is 10.7 Å². The summed E-state index contributed by atoms with van der Waals surface area (Å²) in [6.45, 7) is 0.103. The Morgan fingerprint density at radius 3 is 2.11 bits per heavy atom. The number of methoxy groups -OCH3 is 3. The van der Waals surface area contributed by atoms with E-state index in [-0.39, 0.29) is 23.8 Å². The molecule has 0 fully saturated rings. The molecule has 12 nitrogen and oxygen atoms in total. The van der Waals surface area contributed by atoms with Gasteiger partial charge >= 0.3 is 5.97 Å². The van der Waals surface area contributed by atoms with Crippen LogP contribution in [0.3, 0.4) is 0 Å². The molecule has 0 unspecified atom stereocenters. The number of esters is 1. The molecule has 0 aliphatic carbocycles. The van der Waals surface area contributed by atoms with E-state index in [9.17, 15) is 14.4 Å². The van der Waals surface area contributed by atoms with E-state index in [0.29, 0.717) is 45.4 Å². The number of nitrogens with zero attached hydrogens (tertiary/aromatic N) is 1. The van der Waals surface area contributed by atoms with Crippen molar-refractivity contribution in [3.05, 3.63) is 113 Å². The average Bonchev–Trinajstić information content (AvgIpc) is 3.56. The van der Waals surface area contributed by atoms with Crippen molar-refractivity contribution < 1.29 is 42.8 Å². The maximum atomic E-state index is 13.1. The topological polar surface area (TPSA) is 143 Å². The SMILES string of the molecule is COc1cc(C(=O)Oc2ccc(/C=N\NC(=O)/C(=C\c3ccc4c(c3)OCO4)NC(=O)c3ccccc3)cc2)cc(OC)c1OC. The number of ether oxygens (including phenoxy) is 6. The van der Waals surface area contributed by atoms with Gasteiger partial charge in [0, 0.05) is 5.56 Å². The normalized spacial score (nSPS) is 11.9. The molecule has 0 bridgehead atoms. The number of fused-ring (bicyclic) bond motifs is 1. The molecule has 1 aliphatic rings. The maximum absolute atomic E-state index is 13.1. The van der Waals surface area contributed by atoms with Gasteiger partial charge in [-0.05, 0) is 77.9 Å². The van der Waals surface area contributed by atoms with Crippen LogP contribution < -0.4 is 39.2 Å². The van der Waals surface area contributed by atoms with E-state index in [2.05, 4.69) is 15.8 Å². The summed E-state index contributed by atoms with van der Waals surface area (Å²) in [5.41, 5.74) is 4.17. The number of hydrogen-bond donors (Lipinski definition) is 2. The van der Waals surface area contributed by atoms with E-state index >= 15 is 0 Å². The number of rotatable bonds is 11. The van der Waals surface area contributed by atoms with Crippen LogP contribution in [-0.4, -0.2) is 52.1 Å². The zero-order valence-electron chi connectivity index (χ0n) is 25.1. The fraction of sp³-hybridized carbons (Fsp3) is 0.118. The maximum Gasteiger partial charge on any atom is 0.343 e. The Hall–Kier alpha value is -6.30. The lowest BCUT2D eigenvalue weighted by Gasteiger charge is -2.13. The predicted octanol–water partition coefficient (Wildman–Crippen LogP) is 4.58. The predicted molar refractivity (Wildman–Crippen MR) is 168 cm³/mol. The van der Waals surface area contributed by atoms with E-state index in [0.717, 1.165) is 0 Å². The zero-order chi connectivity index (χ0) is 32.5. The van der Waals surface area contributed by atoms with E-state index in [4.69, 9.17) is 28.4 Å². The Morgan fingerprint density at radius 2 is 1.43 bits per heavy atom.